The van der Waals surface area contributed by atoms with Gasteiger partial charge in [0.2, 0.25) is 0 Å². The fourth-order valence-electron chi connectivity index (χ4n) is 2.11. The van der Waals surface area contributed by atoms with Gasteiger partial charge in [0.05, 0.1) is 7.11 Å². The Labute approximate surface area is 151 Å². The Morgan fingerprint density at radius 1 is 1.28 bits per heavy atom. The third-order valence-corrected chi connectivity index (χ3v) is 3.80. The van der Waals surface area contributed by atoms with Gasteiger partial charge >= 0.3 is 0 Å². The zero-order valence-electron chi connectivity index (χ0n) is 13.9. The van der Waals surface area contributed by atoms with Crippen LogP contribution in [0.2, 0.25) is 5.02 Å². The van der Waals surface area contributed by atoms with Crippen molar-refractivity contribution in [3.8, 4) is 17.6 Å². The summed E-state index contributed by atoms with van der Waals surface area (Å²) in [5.41, 5.74) is 1.53. The molecule has 1 N–H and O–H groups in total. The molecule has 0 bridgehead atoms. The molecule has 0 saturated heterocycles. The quantitative estimate of drug-likeness (QED) is 0.634. The summed E-state index contributed by atoms with van der Waals surface area (Å²) >= 11 is 6.12. The zero-order valence-corrected chi connectivity index (χ0v) is 14.6. The van der Waals surface area contributed by atoms with Crippen LogP contribution in [0.4, 0.5) is 0 Å². The van der Waals surface area contributed by atoms with Crippen molar-refractivity contribution in [2.45, 2.75) is 6.61 Å². The molecule has 0 saturated carbocycles. The first-order valence-electron chi connectivity index (χ1n) is 7.47. The number of halogens is 1. The van der Waals surface area contributed by atoms with E-state index in [-0.39, 0.29) is 5.57 Å². The number of nitriles is 1. The molecule has 0 heterocycles. The number of benzene rings is 2. The smallest absolute Gasteiger partial charge is 0.261 e. The van der Waals surface area contributed by atoms with Crippen LogP contribution in [0.25, 0.3) is 6.08 Å². The van der Waals surface area contributed by atoms with Gasteiger partial charge in [-0.2, -0.15) is 5.26 Å². The maximum Gasteiger partial charge on any atom is 0.261 e. The summed E-state index contributed by atoms with van der Waals surface area (Å²) in [5, 5.41) is 12.1. The van der Waals surface area contributed by atoms with Crippen LogP contribution in [-0.4, -0.2) is 20.1 Å². The topological polar surface area (TPSA) is 71.4 Å². The maximum atomic E-state index is 11.6. The minimum Gasteiger partial charge on any atom is -0.493 e. The van der Waals surface area contributed by atoms with Crippen molar-refractivity contribution in [2.24, 2.45) is 0 Å². The van der Waals surface area contributed by atoms with E-state index >= 15 is 0 Å². The zero-order chi connectivity index (χ0) is 18.2. The molecule has 2 rings (SSSR count). The van der Waals surface area contributed by atoms with E-state index in [1.54, 1.807) is 24.3 Å². The number of carbonyl (C=O) groups excluding carboxylic acids is 1. The van der Waals surface area contributed by atoms with Gasteiger partial charge in [-0.1, -0.05) is 35.9 Å². The molecule has 6 heteroatoms. The molecule has 128 valence electrons. The van der Waals surface area contributed by atoms with E-state index in [1.165, 1.54) is 20.2 Å². The summed E-state index contributed by atoms with van der Waals surface area (Å²) in [5.74, 6) is 0.591. The van der Waals surface area contributed by atoms with Crippen LogP contribution in [0.1, 0.15) is 11.1 Å². The Hall–Kier alpha value is -2.97. The first kappa shape index (κ1) is 18.4. The number of methoxy groups -OCH3 is 1. The molecule has 0 aromatic heterocycles. The number of hydrogen-bond acceptors (Lipinski definition) is 4. The molecule has 25 heavy (non-hydrogen) atoms. The predicted octanol–water partition coefficient (Wildman–Crippen LogP) is 3.58. The highest BCUT2D eigenvalue weighted by Crippen LogP contribution is 2.30. The van der Waals surface area contributed by atoms with Crippen LogP contribution in [0.5, 0.6) is 11.5 Å². The van der Waals surface area contributed by atoms with Gasteiger partial charge in [0, 0.05) is 17.6 Å². The molecule has 0 spiro atoms. The summed E-state index contributed by atoms with van der Waals surface area (Å²) in [6.07, 6.45) is 1.49. The van der Waals surface area contributed by atoms with E-state index in [1.807, 2.05) is 24.3 Å². The number of nitrogens with one attached hydrogen (secondary N) is 1. The molecule has 0 atom stereocenters. The van der Waals surface area contributed by atoms with Crippen LogP contribution in [0, 0.1) is 11.3 Å². The lowest BCUT2D eigenvalue weighted by Crippen LogP contribution is -2.19. The number of hydrogen-bond donors (Lipinski definition) is 1. The fraction of sp³-hybridized carbons (Fsp3) is 0.158. The molecular formula is C19H17ClN2O3. The Balaban J connectivity index is 2.22. The molecule has 5 nitrogen and oxygen atoms in total. The summed E-state index contributed by atoms with van der Waals surface area (Å²) < 4.78 is 11.1. The van der Waals surface area contributed by atoms with E-state index in [2.05, 4.69) is 5.32 Å². The van der Waals surface area contributed by atoms with Gasteiger partial charge in [-0.3, -0.25) is 4.79 Å². The van der Waals surface area contributed by atoms with Crippen LogP contribution >= 0.6 is 11.6 Å². The highest BCUT2D eigenvalue weighted by atomic mass is 35.5. The largest absolute Gasteiger partial charge is 0.493 e. The van der Waals surface area contributed by atoms with Crippen LogP contribution in [-0.2, 0) is 11.4 Å². The van der Waals surface area contributed by atoms with E-state index in [0.717, 1.165) is 5.56 Å². The minimum absolute atomic E-state index is 0.00860. The van der Waals surface area contributed by atoms with Gasteiger partial charge in [-0.15, -0.1) is 0 Å². The van der Waals surface area contributed by atoms with Gasteiger partial charge in [0.15, 0.2) is 11.5 Å². The van der Waals surface area contributed by atoms with Gasteiger partial charge in [-0.05, 0) is 29.8 Å². The standard InChI is InChI=1S/C19H17ClN2O3/c1-22-19(23)15(11-21)9-13-7-8-17(18(10-13)24-2)25-12-14-5-3-4-6-16(14)20/h3-10H,12H2,1-2H3,(H,22,23)/b15-9+. The molecular weight excluding hydrogens is 340 g/mol. The van der Waals surface area contributed by atoms with E-state index in [9.17, 15) is 4.79 Å². The highest BCUT2D eigenvalue weighted by molar-refractivity contribution is 6.31. The average molecular weight is 357 g/mol. The first-order valence-corrected chi connectivity index (χ1v) is 7.85. The van der Waals surface area contributed by atoms with Crippen molar-refractivity contribution >= 4 is 23.6 Å². The van der Waals surface area contributed by atoms with Crippen molar-refractivity contribution in [2.75, 3.05) is 14.2 Å². The fourth-order valence-corrected chi connectivity index (χ4v) is 2.30. The van der Waals surface area contributed by atoms with E-state index in [0.29, 0.717) is 28.7 Å². The summed E-state index contributed by atoms with van der Waals surface area (Å²) in [4.78, 5) is 11.6. The molecule has 0 aliphatic carbocycles. The van der Waals surface area contributed by atoms with Crippen LogP contribution < -0.4 is 14.8 Å². The number of carbonyl (C=O) groups is 1. The van der Waals surface area contributed by atoms with E-state index < -0.39 is 5.91 Å². The van der Waals surface area contributed by atoms with Crippen molar-refractivity contribution in [3.05, 3.63) is 64.2 Å². The summed E-state index contributed by atoms with van der Waals surface area (Å²) in [6, 6.07) is 14.5. The second kappa shape index (κ2) is 8.76. The molecule has 2 aromatic rings. The van der Waals surface area contributed by atoms with Gasteiger partial charge in [0.1, 0.15) is 18.2 Å². The summed E-state index contributed by atoms with van der Waals surface area (Å²) in [6.45, 7) is 0.299. The lowest BCUT2D eigenvalue weighted by molar-refractivity contribution is -0.116. The lowest BCUT2D eigenvalue weighted by Gasteiger charge is -2.12. The minimum atomic E-state index is -0.444. The molecule has 1 amide bonds. The maximum absolute atomic E-state index is 11.6. The number of amides is 1. The Morgan fingerprint density at radius 2 is 2.04 bits per heavy atom. The van der Waals surface area contributed by atoms with Crippen molar-refractivity contribution in [1.29, 1.82) is 5.26 Å². The van der Waals surface area contributed by atoms with Crippen LogP contribution in [0.15, 0.2) is 48.0 Å². The molecule has 0 fully saturated rings. The number of rotatable bonds is 6. The van der Waals surface area contributed by atoms with Gasteiger partial charge < -0.3 is 14.8 Å². The Kier molecular flexibility index (Phi) is 6.44. The Morgan fingerprint density at radius 3 is 2.68 bits per heavy atom. The number of likely N-dealkylation sites (N-methyl/N-ethyl adjacent to an activating group) is 1. The number of nitrogens with zero attached hydrogens (tertiary/aromatic N) is 1. The Bertz CT molecular complexity index is 841. The molecule has 2 aromatic carbocycles. The monoisotopic (exact) mass is 356 g/mol. The first-order chi connectivity index (χ1) is 12.1. The molecule has 0 unspecified atom stereocenters. The van der Waals surface area contributed by atoms with E-state index in [4.69, 9.17) is 26.3 Å². The molecule has 0 aliphatic heterocycles. The third-order valence-electron chi connectivity index (χ3n) is 3.43. The van der Waals surface area contributed by atoms with Crippen molar-refractivity contribution in [1.82, 2.24) is 5.32 Å². The summed E-state index contributed by atoms with van der Waals surface area (Å²) in [7, 11) is 2.99. The van der Waals surface area contributed by atoms with Crippen molar-refractivity contribution < 1.29 is 14.3 Å². The highest BCUT2D eigenvalue weighted by Gasteiger charge is 2.10. The molecule has 0 radical (unpaired) electrons. The second-order valence-corrected chi connectivity index (χ2v) is 5.45. The van der Waals surface area contributed by atoms with Crippen molar-refractivity contribution in [3.63, 3.8) is 0 Å². The van der Waals surface area contributed by atoms with Gasteiger partial charge in [0.25, 0.3) is 5.91 Å². The SMILES string of the molecule is CNC(=O)/C(C#N)=C/c1ccc(OCc2ccccc2Cl)c(OC)c1. The van der Waals surface area contributed by atoms with Crippen LogP contribution in [0.3, 0.4) is 0 Å². The normalized spacial score (nSPS) is 10.7. The second-order valence-electron chi connectivity index (χ2n) is 5.04. The lowest BCUT2D eigenvalue weighted by atomic mass is 10.1. The predicted molar refractivity (Wildman–Crippen MR) is 96.4 cm³/mol. The number of ether oxygens (including phenoxy) is 2. The van der Waals surface area contributed by atoms with Gasteiger partial charge in [-0.25, -0.2) is 0 Å². The average Bonchev–Trinajstić information content (AvgIpc) is 2.65. The third kappa shape index (κ3) is 4.75. The molecule has 0 aliphatic rings.